The number of aliphatic hydroxyl groups is 1. The minimum atomic E-state index is -0.325. The quantitative estimate of drug-likeness (QED) is 0.828. The minimum Gasteiger partial charge on any atom is -0.465 e. The van der Waals surface area contributed by atoms with E-state index in [1.54, 1.807) is 6.26 Å². The van der Waals surface area contributed by atoms with Crippen molar-refractivity contribution in [2.75, 3.05) is 33.2 Å². The summed E-state index contributed by atoms with van der Waals surface area (Å²) in [7, 11) is 2.11. The maximum atomic E-state index is 10.6. The number of pyridine rings is 1. The first-order valence-electron chi connectivity index (χ1n) is 9.33. The van der Waals surface area contributed by atoms with Crippen LogP contribution in [-0.4, -0.2) is 65.3 Å². The van der Waals surface area contributed by atoms with Gasteiger partial charge < -0.3 is 14.4 Å². The molecule has 5 nitrogen and oxygen atoms in total. The molecule has 140 valence electrons. The average molecular weight is 355 g/mol. The predicted molar refractivity (Wildman–Crippen MR) is 104 cm³/mol. The second-order valence-electron chi connectivity index (χ2n) is 7.22. The topological polar surface area (TPSA) is 52.7 Å². The van der Waals surface area contributed by atoms with Crippen LogP contribution in [-0.2, 0) is 6.42 Å². The molecule has 3 heterocycles. The van der Waals surface area contributed by atoms with Crippen molar-refractivity contribution in [3.8, 4) is 0 Å². The first kappa shape index (κ1) is 18.8. The van der Waals surface area contributed by atoms with E-state index >= 15 is 0 Å². The Balaban J connectivity index is 1.47. The number of hydrogen-bond acceptors (Lipinski definition) is 5. The van der Waals surface area contributed by atoms with Gasteiger partial charge in [-0.2, -0.15) is 0 Å². The number of likely N-dealkylation sites (N-methyl/N-ethyl adjacent to an activating group) is 1. The van der Waals surface area contributed by atoms with E-state index in [1.165, 1.54) is 5.57 Å². The lowest BCUT2D eigenvalue weighted by Gasteiger charge is -2.40. The van der Waals surface area contributed by atoms with Crippen LogP contribution in [0.15, 0.2) is 52.8 Å². The Labute approximate surface area is 156 Å². The molecule has 1 N–H and O–H groups in total. The maximum absolute atomic E-state index is 10.6. The van der Waals surface area contributed by atoms with Crippen molar-refractivity contribution in [1.82, 2.24) is 14.8 Å². The Morgan fingerprint density at radius 3 is 2.96 bits per heavy atom. The van der Waals surface area contributed by atoms with Crippen molar-refractivity contribution in [2.24, 2.45) is 0 Å². The zero-order valence-electron chi connectivity index (χ0n) is 15.7. The Hall–Kier alpha value is -1.95. The highest BCUT2D eigenvalue weighted by atomic mass is 16.3. The number of β-amino-alcohol motifs (C(OH)–C–C–N with tert-alkyl or cyclic N) is 1. The van der Waals surface area contributed by atoms with Gasteiger partial charge >= 0.3 is 0 Å². The van der Waals surface area contributed by atoms with Crippen LogP contribution in [0.5, 0.6) is 0 Å². The van der Waals surface area contributed by atoms with Crippen LogP contribution in [0.4, 0.5) is 0 Å². The molecular weight excluding hydrogens is 326 g/mol. The van der Waals surface area contributed by atoms with E-state index in [1.807, 2.05) is 30.5 Å². The van der Waals surface area contributed by atoms with Crippen molar-refractivity contribution in [3.63, 3.8) is 0 Å². The van der Waals surface area contributed by atoms with Gasteiger partial charge in [0, 0.05) is 50.5 Å². The molecule has 26 heavy (non-hydrogen) atoms. The van der Waals surface area contributed by atoms with Crippen molar-refractivity contribution < 1.29 is 9.52 Å². The Morgan fingerprint density at radius 1 is 1.38 bits per heavy atom. The van der Waals surface area contributed by atoms with Gasteiger partial charge in [0.05, 0.1) is 12.4 Å². The van der Waals surface area contributed by atoms with E-state index in [9.17, 15) is 5.11 Å². The first-order valence-corrected chi connectivity index (χ1v) is 9.33. The number of aliphatic hydroxyl groups excluding tert-OH is 1. The molecule has 1 fully saturated rings. The molecule has 0 aromatic carbocycles. The van der Waals surface area contributed by atoms with Gasteiger partial charge in [0.2, 0.25) is 0 Å². The third-order valence-electron chi connectivity index (χ3n) is 5.05. The van der Waals surface area contributed by atoms with Crippen LogP contribution in [0.25, 0.3) is 6.08 Å². The average Bonchev–Trinajstić information content (AvgIpc) is 3.13. The summed E-state index contributed by atoms with van der Waals surface area (Å²) in [5, 5.41) is 10.6. The van der Waals surface area contributed by atoms with Crippen LogP contribution in [0.1, 0.15) is 24.8 Å². The molecule has 0 bridgehead atoms. The molecule has 2 aromatic rings. The van der Waals surface area contributed by atoms with Gasteiger partial charge in [-0.3, -0.25) is 9.88 Å². The van der Waals surface area contributed by atoms with Crippen molar-refractivity contribution >= 4 is 6.08 Å². The highest BCUT2D eigenvalue weighted by Crippen LogP contribution is 2.18. The number of hydrogen-bond donors (Lipinski definition) is 1. The van der Waals surface area contributed by atoms with E-state index in [-0.39, 0.29) is 12.1 Å². The molecule has 0 unspecified atom stereocenters. The minimum absolute atomic E-state index is 0.212. The van der Waals surface area contributed by atoms with Crippen molar-refractivity contribution in [1.29, 1.82) is 0 Å². The van der Waals surface area contributed by atoms with E-state index in [2.05, 4.69) is 40.9 Å². The molecule has 0 saturated carbocycles. The zero-order chi connectivity index (χ0) is 18.4. The van der Waals surface area contributed by atoms with Crippen molar-refractivity contribution in [2.45, 2.75) is 31.9 Å². The smallest absolute Gasteiger partial charge is 0.126 e. The fraction of sp³-hybridized carbons (Fsp3) is 0.476. The van der Waals surface area contributed by atoms with Gasteiger partial charge in [-0.15, -0.1) is 0 Å². The summed E-state index contributed by atoms with van der Waals surface area (Å²) in [6, 6.07) is 10.1. The molecule has 5 heteroatoms. The summed E-state index contributed by atoms with van der Waals surface area (Å²) in [5.41, 5.74) is 2.35. The highest BCUT2D eigenvalue weighted by Gasteiger charge is 2.30. The summed E-state index contributed by atoms with van der Waals surface area (Å²) in [4.78, 5) is 8.98. The Morgan fingerprint density at radius 2 is 2.27 bits per heavy atom. The Kier molecular flexibility index (Phi) is 6.61. The molecule has 2 aromatic heterocycles. The first-order chi connectivity index (χ1) is 12.6. The SMILES string of the molecule is C/C(=C\c1ccco1)CN1CC[C@@H](N(C)CCc2ccccn2)[C@H](O)C1. The number of furan rings is 1. The summed E-state index contributed by atoms with van der Waals surface area (Å²) in [6.45, 7) is 5.60. The zero-order valence-corrected chi connectivity index (χ0v) is 15.7. The van der Waals surface area contributed by atoms with Crippen LogP contribution in [0.3, 0.4) is 0 Å². The molecule has 1 saturated heterocycles. The highest BCUT2D eigenvalue weighted by molar-refractivity contribution is 5.46. The van der Waals surface area contributed by atoms with Crippen LogP contribution >= 0.6 is 0 Å². The fourth-order valence-corrected chi connectivity index (χ4v) is 3.66. The van der Waals surface area contributed by atoms with Crippen LogP contribution < -0.4 is 0 Å². The lowest BCUT2D eigenvalue weighted by Crippen LogP contribution is -2.53. The van der Waals surface area contributed by atoms with Gasteiger partial charge in [-0.05, 0) is 50.7 Å². The summed E-state index contributed by atoms with van der Waals surface area (Å²) in [6.07, 6.45) is 7.16. The molecule has 0 amide bonds. The lowest BCUT2D eigenvalue weighted by molar-refractivity contribution is -0.000706. The normalized spacial score (nSPS) is 22.1. The number of rotatable bonds is 7. The summed E-state index contributed by atoms with van der Waals surface area (Å²) in [5.74, 6) is 0.882. The third-order valence-corrected chi connectivity index (χ3v) is 5.05. The van der Waals surface area contributed by atoms with E-state index < -0.39 is 0 Å². The lowest BCUT2D eigenvalue weighted by atomic mass is 9.99. The number of piperidine rings is 1. The third kappa shape index (κ3) is 5.27. The van der Waals surface area contributed by atoms with Crippen LogP contribution in [0.2, 0.25) is 0 Å². The molecule has 0 aliphatic carbocycles. The molecule has 1 aliphatic heterocycles. The maximum Gasteiger partial charge on any atom is 0.126 e. The molecular formula is C21H29N3O2. The molecule has 0 spiro atoms. The fourth-order valence-electron chi connectivity index (χ4n) is 3.66. The number of aromatic nitrogens is 1. The second-order valence-corrected chi connectivity index (χ2v) is 7.22. The largest absolute Gasteiger partial charge is 0.465 e. The number of nitrogens with zero attached hydrogens (tertiary/aromatic N) is 3. The standard InChI is InChI=1S/C21H29N3O2/c1-17(14-19-7-5-13-26-19)15-24-12-9-20(21(25)16-24)23(2)11-8-18-6-3-4-10-22-18/h3-7,10,13-14,20-21,25H,8-9,11-12,15-16H2,1-2H3/b17-14+/t20-,21-/m1/s1. The van der Waals surface area contributed by atoms with Crippen molar-refractivity contribution in [3.05, 3.63) is 59.8 Å². The van der Waals surface area contributed by atoms with E-state index in [0.29, 0.717) is 6.54 Å². The molecule has 1 aliphatic rings. The monoisotopic (exact) mass is 355 g/mol. The van der Waals surface area contributed by atoms with Crippen LogP contribution in [0, 0.1) is 0 Å². The van der Waals surface area contributed by atoms with Gasteiger partial charge in [0.25, 0.3) is 0 Å². The van der Waals surface area contributed by atoms with Gasteiger partial charge in [-0.25, -0.2) is 0 Å². The summed E-state index contributed by atoms with van der Waals surface area (Å²) < 4.78 is 5.37. The van der Waals surface area contributed by atoms with E-state index in [0.717, 1.165) is 43.9 Å². The van der Waals surface area contributed by atoms with Gasteiger partial charge in [0.15, 0.2) is 0 Å². The van der Waals surface area contributed by atoms with Gasteiger partial charge in [0.1, 0.15) is 5.76 Å². The molecule has 2 atom stereocenters. The number of likely N-dealkylation sites (tertiary alicyclic amines) is 1. The summed E-state index contributed by atoms with van der Waals surface area (Å²) >= 11 is 0. The van der Waals surface area contributed by atoms with Gasteiger partial charge in [-0.1, -0.05) is 11.6 Å². The molecule has 3 rings (SSSR count). The molecule has 0 radical (unpaired) electrons. The van der Waals surface area contributed by atoms with E-state index in [4.69, 9.17) is 4.42 Å². The Bertz CT molecular complexity index is 685. The predicted octanol–water partition coefficient (Wildman–Crippen LogP) is 2.69. The second kappa shape index (κ2) is 9.12.